The fourth-order valence-corrected chi connectivity index (χ4v) is 1.53. The maximum atomic E-state index is 13.1. The van der Waals surface area contributed by atoms with Gasteiger partial charge in [-0.3, -0.25) is 0 Å². The Hall–Kier alpha value is -2.43. The van der Waals surface area contributed by atoms with Crippen molar-refractivity contribution in [3.63, 3.8) is 0 Å². The van der Waals surface area contributed by atoms with E-state index in [-0.39, 0.29) is 5.69 Å². The second-order valence-corrected chi connectivity index (χ2v) is 3.48. The van der Waals surface area contributed by atoms with Gasteiger partial charge in [0.25, 0.3) is 0 Å². The molecule has 17 heavy (non-hydrogen) atoms. The van der Waals surface area contributed by atoms with Crippen molar-refractivity contribution < 1.29 is 14.3 Å². The van der Waals surface area contributed by atoms with Gasteiger partial charge >= 0.3 is 5.97 Å². The first-order chi connectivity index (χ1) is 8.08. The molecule has 0 saturated carbocycles. The largest absolute Gasteiger partial charge is 0.476 e. The van der Waals surface area contributed by atoms with E-state index in [2.05, 4.69) is 4.98 Å². The van der Waals surface area contributed by atoms with Crippen LogP contribution < -0.4 is 5.73 Å². The predicted octanol–water partition coefficient (Wildman–Crippen LogP) is 2.17. The van der Waals surface area contributed by atoms with E-state index in [1.807, 2.05) is 0 Å². The van der Waals surface area contributed by atoms with Gasteiger partial charge in [0.1, 0.15) is 5.82 Å². The zero-order chi connectivity index (χ0) is 12.4. The summed E-state index contributed by atoms with van der Waals surface area (Å²) in [7, 11) is 0. The predicted molar refractivity (Wildman–Crippen MR) is 61.0 cm³/mol. The molecule has 1 heterocycles. The zero-order valence-electron chi connectivity index (χ0n) is 8.72. The van der Waals surface area contributed by atoms with E-state index in [1.165, 1.54) is 30.5 Å². The number of carboxylic acid groups (broad SMARTS) is 1. The summed E-state index contributed by atoms with van der Waals surface area (Å²) in [6, 6.07) is 7.09. The van der Waals surface area contributed by atoms with Crippen LogP contribution in [0.4, 0.5) is 10.1 Å². The normalized spacial score (nSPS) is 10.2. The number of anilines is 1. The van der Waals surface area contributed by atoms with Crippen LogP contribution in [0.3, 0.4) is 0 Å². The molecule has 0 fully saturated rings. The summed E-state index contributed by atoms with van der Waals surface area (Å²) in [5, 5.41) is 8.99. The third-order valence-corrected chi connectivity index (χ3v) is 2.25. The highest BCUT2D eigenvalue weighted by molar-refractivity contribution is 5.94. The lowest BCUT2D eigenvalue weighted by Gasteiger charge is -2.06. The van der Waals surface area contributed by atoms with E-state index in [1.54, 1.807) is 6.07 Å². The quantitative estimate of drug-likeness (QED) is 0.831. The molecule has 0 atom stereocenters. The van der Waals surface area contributed by atoms with Gasteiger partial charge in [-0.15, -0.1) is 0 Å². The molecule has 2 aromatic rings. The lowest BCUT2D eigenvalue weighted by Crippen LogP contribution is -2.04. The number of nitrogens with zero attached hydrogens (tertiary/aromatic N) is 1. The van der Waals surface area contributed by atoms with Crippen molar-refractivity contribution in [3.05, 3.63) is 48.0 Å². The van der Waals surface area contributed by atoms with Crippen LogP contribution >= 0.6 is 0 Å². The molecule has 4 nitrogen and oxygen atoms in total. The van der Waals surface area contributed by atoms with E-state index in [0.717, 1.165) is 0 Å². The van der Waals surface area contributed by atoms with Crippen molar-refractivity contribution in [1.29, 1.82) is 0 Å². The first-order valence-electron chi connectivity index (χ1n) is 4.82. The van der Waals surface area contributed by atoms with Gasteiger partial charge in [-0.25, -0.2) is 14.2 Å². The van der Waals surface area contributed by atoms with Crippen LogP contribution in [0.1, 0.15) is 10.5 Å². The highest BCUT2D eigenvalue weighted by Crippen LogP contribution is 2.25. The number of pyridine rings is 1. The molecule has 0 bridgehead atoms. The number of carbonyl (C=O) groups is 1. The van der Waals surface area contributed by atoms with E-state index in [9.17, 15) is 9.18 Å². The molecule has 86 valence electrons. The van der Waals surface area contributed by atoms with Crippen LogP contribution in [0.5, 0.6) is 0 Å². The Bertz CT molecular complexity index is 584. The Morgan fingerprint density at radius 3 is 2.76 bits per heavy atom. The number of hydrogen-bond acceptors (Lipinski definition) is 3. The summed E-state index contributed by atoms with van der Waals surface area (Å²) in [4.78, 5) is 14.7. The molecule has 0 amide bonds. The molecule has 0 aliphatic carbocycles. The second kappa shape index (κ2) is 4.21. The van der Waals surface area contributed by atoms with Crippen molar-refractivity contribution in [3.8, 4) is 11.1 Å². The molecule has 0 unspecified atom stereocenters. The van der Waals surface area contributed by atoms with Gasteiger partial charge in [-0.1, -0.05) is 12.1 Å². The molecule has 1 aromatic heterocycles. The smallest absolute Gasteiger partial charge is 0.355 e. The monoisotopic (exact) mass is 232 g/mol. The Morgan fingerprint density at radius 1 is 1.35 bits per heavy atom. The highest BCUT2D eigenvalue weighted by Gasteiger charge is 2.14. The number of aromatic carboxylic acids is 1. The third kappa shape index (κ3) is 2.23. The summed E-state index contributed by atoms with van der Waals surface area (Å²) < 4.78 is 13.1. The Kier molecular flexibility index (Phi) is 2.74. The molecule has 0 aliphatic rings. The summed E-state index contributed by atoms with van der Waals surface area (Å²) in [5.41, 5.74) is 6.47. The number of nitrogens with two attached hydrogens (primary N) is 1. The molecule has 2 rings (SSSR count). The molecule has 5 heteroatoms. The Balaban J connectivity index is 2.65. The number of carboxylic acids is 1. The Labute approximate surface area is 96.5 Å². The second-order valence-electron chi connectivity index (χ2n) is 3.48. The molecule has 0 aliphatic heterocycles. The van der Waals surface area contributed by atoms with Gasteiger partial charge in [0, 0.05) is 5.56 Å². The SMILES string of the molecule is Nc1cnc(C(=O)O)c(-c2cccc(F)c2)c1. The first kappa shape index (κ1) is 11.1. The number of benzene rings is 1. The van der Waals surface area contributed by atoms with E-state index in [4.69, 9.17) is 10.8 Å². The lowest BCUT2D eigenvalue weighted by molar-refractivity contribution is 0.0691. The van der Waals surface area contributed by atoms with Crippen molar-refractivity contribution in [1.82, 2.24) is 4.98 Å². The number of rotatable bonds is 2. The number of hydrogen-bond donors (Lipinski definition) is 2. The minimum absolute atomic E-state index is 0.148. The molecule has 0 radical (unpaired) electrons. The molecular formula is C12H9FN2O2. The average molecular weight is 232 g/mol. The summed E-state index contributed by atoms with van der Waals surface area (Å²) in [5.74, 6) is -1.62. The fourth-order valence-electron chi connectivity index (χ4n) is 1.53. The zero-order valence-corrected chi connectivity index (χ0v) is 8.72. The van der Waals surface area contributed by atoms with Gasteiger partial charge in [0.05, 0.1) is 11.9 Å². The van der Waals surface area contributed by atoms with E-state index >= 15 is 0 Å². The molecule has 3 N–H and O–H groups in total. The first-order valence-corrected chi connectivity index (χ1v) is 4.82. The molecule has 1 aromatic carbocycles. The molecular weight excluding hydrogens is 223 g/mol. The summed E-state index contributed by atoms with van der Waals surface area (Å²) >= 11 is 0. The van der Waals surface area contributed by atoms with Crippen LogP contribution in [0.2, 0.25) is 0 Å². The van der Waals surface area contributed by atoms with Gasteiger partial charge in [0.15, 0.2) is 5.69 Å². The average Bonchev–Trinajstić information content (AvgIpc) is 2.28. The Morgan fingerprint density at radius 2 is 2.12 bits per heavy atom. The van der Waals surface area contributed by atoms with Crippen molar-refractivity contribution in [2.45, 2.75) is 0 Å². The van der Waals surface area contributed by atoms with E-state index < -0.39 is 11.8 Å². The maximum absolute atomic E-state index is 13.1. The maximum Gasteiger partial charge on any atom is 0.355 e. The minimum atomic E-state index is -1.18. The fraction of sp³-hybridized carbons (Fsp3) is 0. The third-order valence-electron chi connectivity index (χ3n) is 2.25. The van der Waals surface area contributed by atoms with Gasteiger partial charge in [-0.2, -0.15) is 0 Å². The number of aromatic nitrogens is 1. The van der Waals surface area contributed by atoms with Gasteiger partial charge < -0.3 is 10.8 Å². The summed E-state index contributed by atoms with van der Waals surface area (Å²) in [6.07, 6.45) is 1.26. The summed E-state index contributed by atoms with van der Waals surface area (Å²) in [6.45, 7) is 0. The molecule has 0 spiro atoms. The topological polar surface area (TPSA) is 76.2 Å². The van der Waals surface area contributed by atoms with Crippen molar-refractivity contribution >= 4 is 11.7 Å². The van der Waals surface area contributed by atoms with Crippen LogP contribution in [0, 0.1) is 5.82 Å². The number of nitrogen functional groups attached to an aromatic ring is 1. The van der Waals surface area contributed by atoms with Gasteiger partial charge in [0.2, 0.25) is 0 Å². The van der Waals surface area contributed by atoms with Crippen molar-refractivity contribution in [2.75, 3.05) is 5.73 Å². The molecule has 0 saturated heterocycles. The van der Waals surface area contributed by atoms with E-state index in [0.29, 0.717) is 16.8 Å². The van der Waals surface area contributed by atoms with Crippen LogP contribution in [0.25, 0.3) is 11.1 Å². The van der Waals surface area contributed by atoms with Crippen LogP contribution in [-0.2, 0) is 0 Å². The number of halogens is 1. The minimum Gasteiger partial charge on any atom is -0.476 e. The van der Waals surface area contributed by atoms with Crippen molar-refractivity contribution in [2.24, 2.45) is 0 Å². The van der Waals surface area contributed by atoms with Crippen LogP contribution in [0.15, 0.2) is 36.5 Å². The highest BCUT2D eigenvalue weighted by atomic mass is 19.1. The lowest BCUT2D eigenvalue weighted by atomic mass is 10.0. The van der Waals surface area contributed by atoms with Gasteiger partial charge in [-0.05, 0) is 23.8 Å². The van der Waals surface area contributed by atoms with Crippen LogP contribution in [-0.4, -0.2) is 16.1 Å². The standard InChI is InChI=1S/C12H9FN2O2/c13-8-3-1-2-7(4-8)10-5-9(14)6-15-11(10)12(16)17/h1-6H,14H2,(H,16,17).